The first-order valence-corrected chi connectivity index (χ1v) is 9.74. The second-order valence-corrected chi connectivity index (χ2v) is 6.70. The molecule has 0 bridgehead atoms. The van der Waals surface area contributed by atoms with Crippen molar-refractivity contribution in [3.05, 3.63) is 88.0 Å². The molecule has 0 saturated carbocycles. The Labute approximate surface area is 180 Å². The molecule has 0 spiro atoms. The zero-order chi connectivity index (χ0) is 22.1. The van der Waals surface area contributed by atoms with E-state index in [1.54, 1.807) is 20.3 Å². The van der Waals surface area contributed by atoms with Crippen molar-refractivity contribution < 1.29 is 28.2 Å². The van der Waals surface area contributed by atoms with Crippen LogP contribution in [0.1, 0.15) is 23.3 Å². The molecule has 0 aliphatic heterocycles. The minimum atomic E-state index is -0.401. The quantitative estimate of drug-likeness (QED) is 0.456. The van der Waals surface area contributed by atoms with E-state index >= 15 is 0 Å². The van der Waals surface area contributed by atoms with Crippen LogP contribution in [0.25, 0.3) is 0 Å². The van der Waals surface area contributed by atoms with Crippen LogP contribution in [0.2, 0.25) is 0 Å². The molecule has 0 N–H and O–H groups in total. The number of ether oxygens (including phenoxy) is 4. The fourth-order valence-electron chi connectivity index (χ4n) is 2.86. The molecule has 162 valence electrons. The highest BCUT2D eigenvalue weighted by molar-refractivity contribution is 5.69. The molecule has 1 heterocycles. The summed E-state index contributed by atoms with van der Waals surface area (Å²) >= 11 is 0. The SMILES string of the molecule is COc1ccc(CCC(=O)OCc2cc(=O)c(OCc3ccccc3)co2)cc1OC. The van der Waals surface area contributed by atoms with Gasteiger partial charge in [0.1, 0.15) is 25.2 Å². The molecule has 0 atom stereocenters. The van der Waals surface area contributed by atoms with Gasteiger partial charge in [0.05, 0.1) is 14.2 Å². The summed E-state index contributed by atoms with van der Waals surface area (Å²) in [6.45, 7) is 0.134. The van der Waals surface area contributed by atoms with E-state index < -0.39 is 5.97 Å². The fourth-order valence-corrected chi connectivity index (χ4v) is 2.86. The molecule has 0 aliphatic carbocycles. The zero-order valence-electron chi connectivity index (χ0n) is 17.5. The van der Waals surface area contributed by atoms with Crippen LogP contribution in [0.5, 0.6) is 17.2 Å². The van der Waals surface area contributed by atoms with Crippen molar-refractivity contribution >= 4 is 5.97 Å². The highest BCUT2D eigenvalue weighted by atomic mass is 16.5. The number of hydrogen-bond donors (Lipinski definition) is 0. The summed E-state index contributed by atoms with van der Waals surface area (Å²) in [5.41, 5.74) is 1.52. The largest absolute Gasteiger partial charge is 0.493 e. The van der Waals surface area contributed by atoms with E-state index in [-0.39, 0.29) is 36.6 Å². The van der Waals surface area contributed by atoms with E-state index in [4.69, 9.17) is 23.4 Å². The third-order valence-electron chi connectivity index (χ3n) is 4.53. The van der Waals surface area contributed by atoms with Crippen LogP contribution >= 0.6 is 0 Å². The Morgan fingerprint density at radius 1 is 0.871 bits per heavy atom. The Hall–Kier alpha value is -3.74. The van der Waals surface area contributed by atoms with Gasteiger partial charge >= 0.3 is 5.97 Å². The van der Waals surface area contributed by atoms with Gasteiger partial charge in [-0.25, -0.2) is 0 Å². The normalized spacial score (nSPS) is 10.4. The van der Waals surface area contributed by atoms with Crippen molar-refractivity contribution in [1.82, 2.24) is 0 Å². The number of methoxy groups -OCH3 is 2. The van der Waals surface area contributed by atoms with Gasteiger partial charge in [0.15, 0.2) is 11.5 Å². The topological polar surface area (TPSA) is 84.2 Å². The second-order valence-electron chi connectivity index (χ2n) is 6.70. The number of aryl methyl sites for hydroxylation is 1. The molecule has 0 amide bonds. The van der Waals surface area contributed by atoms with E-state index in [2.05, 4.69) is 0 Å². The van der Waals surface area contributed by atoms with Crippen LogP contribution in [0.4, 0.5) is 0 Å². The van der Waals surface area contributed by atoms with Crippen molar-refractivity contribution in [3.8, 4) is 17.2 Å². The molecule has 1 aromatic heterocycles. The van der Waals surface area contributed by atoms with E-state index in [9.17, 15) is 9.59 Å². The lowest BCUT2D eigenvalue weighted by Crippen LogP contribution is -2.10. The number of carbonyl (C=O) groups is 1. The van der Waals surface area contributed by atoms with Gasteiger partial charge in [0.2, 0.25) is 11.2 Å². The van der Waals surface area contributed by atoms with Crippen molar-refractivity contribution in [2.75, 3.05) is 14.2 Å². The van der Waals surface area contributed by atoms with Crippen LogP contribution in [-0.2, 0) is 29.2 Å². The highest BCUT2D eigenvalue weighted by Gasteiger charge is 2.10. The third-order valence-corrected chi connectivity index (χ3v) is 4.53. The van der Waals surface area contributed by atoms with Crippen molar-refractivity contribution in [1.29, 1.82) is 0 Å². The van der Waals surface area contributed by atoms with Crippen LogP contribution in [0.15, 0.2) is 70.1 Å². The first-order valence-electron chi connectivity index (χ1n) is 9.74. The smallest absolute Gasteiger partial charge is 0.306 e. The number of rotatable bonds is 10. The zero-order valence-corrected chi connectivity index (χ0v) is 17.5. The molecule has 3 aromatic rings. The third kappa shape index (κ3) is 6.37. The van der Waals surface area contributed by atoms with Gasteiger partial charge in [0, 0.05) is 12.5 Å². The molecule has 7 nitrogen and oxygen atoms in total. The molecule has 31 heavy (non-hydrogen) atoms. The summed E-state index contributed by atoms with van der Waals surface area (Å²) in [4.78, 5) is 24.2. The molecular weight excluding hydrogens is 400 g/mol. The van der Waals surface area contributed by atoms with Gasteiger partial charge in [-0.05, 0) is 29.7 Å². The molecular formula is C24H24O7. The second kappa shape index (κ2) is 10.9. The van der Waals surface area contributed by atoms with E-state index in [1.807, 2.05) is 42.5 Å². The van der Waals surface area contributed by atoms with Gasteiger partial charge in [-0.3, -0.25) is 9.59 Å². The van der Waals surface area contributed by atoms with Crippen LogP contribution < -0.4 is 19.6 Å². The predicted molar refractivity (Wildman–Crippen MR) is 113 cm³/mol. The van der Waals surface area contributed by atoms with Gasteiger partial charge in [0.25, 0.3) is 0 Å². The van der Waals surface area contributed by atoms with Gasteiger partial charge in [-0.1, -0.05) is 36.4 Å². The van der Waals surface area contributed by atoms with Crippen LogP contribution in [0.3, 0.4) is 0 Å². The lowest BCUT2D eigenvalue weighted by atomic mass is 10.1. The van der Waals surface area contributed by atoms with Crippen molar-refractivity contribution in [2.24, 2.45) is 0 Å². The number of esters is 1. The number of carbonyl (C=O) groups excluding carboxylic acids is 1. The molecule has 0 unspecified atom stereocenters. The lowest BCUT2D eigenvalue weighted by Gasteiger charge is -2.09. The summed E-state index contributed by atoms with van der Waals surface area (Å²) in [5, 5.41) is 0. The molecule has 0 aliphatic rings. The predicted octanol–water partition coefficient (Wildman–Crippen LogP) is 3.91. The first-order chi connectivity index (χ1) is 15.1. The lowest BCUT2D eigenvalue weighted by molar-refractivity contribution is -0.145. The molecule has 0 radical (unpaired) electrons. The van der Waals surface area contributed by atoms with Gasteiger partial charge in [-0.15, -0.1) is 0 Å². The Kier molecular flexibility index (Phi) is 7.70. The monoisotopic (exact) mass is 424 g/mol. The Morgan fingerprint density at radius 3 is 2.35 bits per heavy atom. The first kappa shape index (κ1) is 22.0. The van der Waals surface area contributed by atoms with E-state index in [0.717, 1.165) is 11.1 Å². The molecule has 0 fully saturated rings. The fraction of sp³-hybridized carbons (Fsp3) is 0.250. The summed E-state index contributed by atoms with van der Waals surface area (Å²) in [6.07, 6.45) is 1.89. The average molecular weight is 424 g/mol. The summed E-state index contributed by atoms with van der Waals surface area (Å²) < 4.78 is 26.5. The van der Waals surface area contributed by atoms with Crippen molar-refractivity contribution in [2.45, 2.75) is 26.1 Å². The van der Waals surface area contributed by atoms with Gasteiger partial charge < -0.3 is 23.4 Å². The number of hydrogen-bond acceptors (Lipinski definition) is 7. The minimum absolute atomic E-state index is 0.104. The Balaban J connectivity index is 1.47. The summed E-state index contributed by atoms with van der Waals surface area (Å²) in [7, 11) is 3.12. The summed E-state index contributed by atoms with van der Waals surface area (Å²) in [6, 6.07) is 16.2. The van der Waals surface area contributed by atoms with E-state index in [0.29, 0.717) is 17.9 Å². The maximum Gasteiger partial charge on any atom is 0.306 e. The molecule has 0 saturated heterocycles. The van der Waals surface area contributed by atoms with E-state index in [1.165, 1.54) is 12.3 Å². The number of benzene rings is 2. The average Bonchev–Trinajstić information content (AvgIpc) is 2.81. The molecule has 2 aromatic carbocycles. The summed E-state index contributed by atoms with van der Waals surface area (Å²) in [5.74, 6) is 1.18. The highest BCUT2D eigenvalue weighted by Crippen LogP contribution is 2.28. The standard InChI is InChI=1S/C24H24O7/c1-27-21-10-8-17(12-22(21)28-2)9-11-24(26)31-15-19-13-20(25)23(16-29-19)30-14-18-6-4-3-5-7-18/h3-8,10,12-13,16H,9,11,14-15H2,1-2H3. The maximum absolute atomic E-state index is 12.2. The van der Waals surface area contributed by atoms with Crippen LogP contribution in [-0.4, -0.2) is 20.2 Å². The van der Waals surface area contributed by atoms with Gasteiger partial charge in [-0.2, -0.15) is 0 Å². The molecule has 7 heteroatoms. The maximum atomic E-state index is 12.2. The Morgan fingerprint density at radius 2 is 1.65 bits per heavy atom. The van der Waals surface area contributed by atoms with Crippen molar-refractivity contribution in [3.63, 3.8) is 0 Å². The Bertz CT molecular complexity index is 1060. The minimum Gasteiger partial charge on any atom is -0.493 e. The van der Waals surface area contributed by atoms with Crippen LogP contribution in [0, 0.1) is 0 Å². The molecule has 3 rings (SSSR count).